The highest BCUT2D eigenvalue weighted by molar-refractivity contribution is 5.94. The number of nitrogens with one attached hydrogen (secondary N) is 1. The van der Waals surface area contributed by atoms with E-state index >= 15 is 0 Å². The SMILES string of the molecule is CC(C)C(C)(CC(=O)Nc1ccc(F)c(F)c1)C(=O)O. The van der Waals surface area contributed by atoms with Gasteiger partial charge < -0.3 is 10.4 Å². The molecule has 0 saturated carbocycles. The van der Waals surface area contributed by atoms with Gasteiger partial charge in [-0.3, -0.25) is 9.59 Å². The molecule has 20 heavy (non-hydrogen) atoms. The number of hydrogen-bond donors (Lipinski definition) is 2. The van der Waals surface area contributed by atoms with E-state index in [0.717, 1.165) is 12.1 Å². The number of carboxylic acids is 1. The lowest BCUT2D eigenvalue weighted by Gasteiger charge is -2.28. The van der Waals surface area contributed by atoms with Gasteiger partial charge in [0.1, 0.15) is 0 Å². The molecule has 1 aromatic carbocycles. The van der Waals surface area contributed by atoms with Crippen LogP contribution in [0.1, 0.15) is 27.2 Å². The number of halogens is 2. The lowest BCUT2D eigenvalue weighted by atomic mass is 9.76. The van der Waals surface area contributed by atoms with Gasteiger partial charge in [0.05, 0.1) is 5.41 Å². The van der Waals surface area contributed by atoms with Crippen LogP contribution in [-0.2, 0) is 9.59 Å². The summed E-state index contributed by atoms with van der Waals surface area (Å²) in [6, 6.07) is 2.95. The number of rotatable bonds is 5. The third-order valence-corrected chi connectivity index (χ3v) is 3.49. The second-order valence-corrected chi connectivity index (χ2v) is 5.23. The van der Waals surface area contributed by atoms with Crippen molar-refractivity contribution in [2.24, 2.45) is 11.3 Å². The van der Waals surface area contributed by atoms with Gasteiger partial charge in [-0.15, -0.1) is 0 Å². The monoisotopic (exact) mass is 285 g/mol. The Morgan fingerprint density at radius 2 is 1.90 bits per heavy atom. The van der Waals surface area contributed by atoms with E-state index in [1.54, 1.807) is 13.8 Å². The molecular weight excluding hydrogens is 268 g/mol. The number of anilines is 1. The van der Waals surface area contributed by atoms with Crippen molar-refractivity contribution < 1.29 is 23.5 Å². The van der Waals surface area contributed by atoms with Crippen LogP contribution < -0.4 is 5.32 Å². The second kappa shape index (κ2) is 5.98. The third kappa shape index (κ3) is 3.53. The molecule has 4 nitrogen and oxygen atoms in total. The van der Waals surface area contributed by atoms with Crippen molar-refractivity contribution in [3.63, 3.8) is 0 Å². The van der Waals surface area contributed by atoms with Gasteiger partial charge in [-0.05, 0) is 25.0 Å². The molecule has 1 aromatic rings. The summed E-state index contributed by atoms with van der Waals surface area (Å²) in [5, 5.41) is 11.6. The maximum atomic E-state index is 13.0. The summed E-state index contributed by atoms with van der Waals surface area (Å²) in [6.45, 7) is 4.89. The molecule has 0 aliphatic heterocycles. The number of benzene rings is 1. The minimum atomic E-state index is -1.22. The van der Waals surface area contributed by atoms with E-state index in [9.17, 15) is 23.5 Å². The average molecular weight is 285 g/mol. The molecule has 0 radical (unpaired) electrons. The highest BCUT2D eigenvalue weighted by Gasteiger charge is 2.38. The lowest BCUT2D eigenvalue weighted by Crippen LogP contribution is -2.37. The van der Waals surface area contributed by atoms with Crippen LogP contribution in [0.25, 0.3) is 0 Å². The van der Waals surface area contributed by atoms with E-state index in [2.05, 4.69) is 5.32 Å². The number of carboxylic acid groups (broad SMARTS) is 1. The molecule has 0 aromatic heterocycles. The summed E-state index contributed by atoms with van der Waals surface area (Å²) in [4.78, 5) is 23.1. The smallest absolute Gasteiger partial charge is 0.310 e. The van der Waals surface area contributed by atoms with Crippen molar-refractivity contribution in [1.29, 1.82) is 0 Å². The first-order valence-electron chi connectivity index (χ1n) is 6.15. The normalized spacial score (nSPS) is 13.9. The van der Waals surface area contributed by atoms with Crippen LogP contribution in [0.15, 0.2) is 18.2 Å². The van der Waals surface area contributed by atoms with Gasteiger partial charge in [-0.25, -0.2) is 8.78 Å². The maximum absolute atomic E-state index is 13.0. The first-order chi connectivity index (χ1) is 9.16. The Morgan fingerprint density at radius 1 is 1.30 bits per heavy atom. The van der Waals surface area contributed by atoms with Gasteiger partial charge >= 0.3 is 5.97 Å². The van der Waals surface area contributed by atoms with E-state index in [1.807, 2.05) is 0 Å². The van der Waals surface area contributed by atoms with Crippen molar-refractivity contribution in [2.45, 2.75) is 27.2 Å². The minimum Gasteiger partial charge on any atom is -0.481 e. The van der Waals surface area contributed by atoms with E-state index in [-0.39, 0.29) is 18.0 Å². The van der Waals surface area contributed by atoms with Crippen molar-refractivity contribution in [3.05, 3.63) is 29.8 Å². The van der Waals surface area contributed by atoms with Gasteiger partial charge in [0, 0.05) is 18.2 Å². The predicted octanol–water partition coefficient (Wildman–Crippen LogP) is 3.04. The zero-order valence-corrected chi connectivity index (χ0v) is 11.5. The molecule has 1 rings (SSSR count). The Kier molecular flexibility index (Phi) is 4.81. The quantitative estimate of drug-likeness (QED) is 0.873. The molecule has 0 bridgehead atoms. The Bertz CT molecular complexity index is 531. The molecule has 0 saturated heterocycles. The summed E-state index contributed by atoms with van der Waals surface area (Å²) in [5.41, 5.74) is -1.13. The molecule has 0 heterocycles. The Hall–Kier alpha value is -1.98. The van der Waals surface area contributed by atoms with E-state index in [0.29, 0.717) is 0 Å². The highest BCUT2D eigenvalue weighted by atomic mass is 19.2. The number of amides is 1. The van der Waals surface area contributed by atoms with Gasteiger partial charge in [0.15, 0.2) is 11.6 Å². The standard InChI is InChI=1S/C14H17F2NO3/c1-8(2)14(3,13(19)20)7-12(18)17-9-4-5-10(15)11(16)6-9/h4-6,8H,7H2,1-3H3,(H,17,18)(H,19,20). The predicted molar refractivity (Wildman–Crippen MR) is 70.2 cm³/mol. The van der Waals surface area contributed by atoms with Crippen LogP contribution in [0.4, 0.5) is 14.5 Å². The molecule has 1 atom stereocenters. The van der Waals surface area contributed by atoms with E-state index in [1.165, 1.54) is 13.0 Å². The van der Waals surface area contributed by atoms with Crippen LogP contribution in [0.3, 0.4) is 0 Å². The molecule has 0 fully saturated rings. The average Bonchev–Trinajstić information content (AvgIpc) is 2.33. The molecule has 0 aliphatic rings. The van der Waals surface area contributed by atoms with Crippen molar-refractivity contribution in [1.82, 2.24) is 0 Å². The summed E-state index contributed by atoms with van der Waals surface area (Å²) in [5.74, 6) is -3.98. The number of aliphatic carboxylic acids is 1. The molecule has 1 unspecified atom stereocenters. The van der Waals surface area contributed by atoms with Crippen LogP contribution in [0, 0.1) is 23.0 Å². The summed E-state index contributed by atoms with van der Waals surface area (Å²) < 4.78 is 25.8. The molecule has 6 heteroatoms. The van der Waals surface area contributed by atoms with Gasteiger partial charge in [-0.2, -0.15) is 0 Å². The first-order valence-corrected chi connectivity index (χ1v) is 6.15. The molecule has 0 aliphatic carbocycles. The molecule has 1 amide bonds. The number of hydrogen-bond acceptors (Lipinski definition) is 2. The summed E-state index contributed by atoms with van der Waals surface area (Å²) >= 11 is 0. The Balaban J connectivity index is 2.81. The van der Waals surface area contributed by atoms with E-state index < -0.39 is 28.9 Å². The molecular formula is C14H17F2NO3. The molecule has 110 valence electrons. The zero-order chi connectivity index (χ0) is 15.5. The number of carbonyl (C=O) groups is 2. The number of carbonyl (C=O) groups excluding carboxylic acids is 1. The second-order valence-electron chi connectivity index (χ2n) is 5.23. The fourth-order valence-corrected chi connectivity index (χ4v) is 1.64. The lowest BCUT2D eigenvalue weighted by molar-refractivity contribution is -0.153. The van der Waals surface area contributed by atoms with Crippen LogP contribution in [0.5, 0.6) is 0 Å². The van der Waals surface area contributed by atoms with Gasteiger partial charge in [0.2, 0.25) is 5.91 Å². The van der Waals surface area contributed by atoms with Crippen molar-refractivity contribution in [3.8, 4) is 0 Å². The van der Waals surface area contributed by atoms with Crippen molar-refractivity contribution >= 4 is 17.6 Å². The first kappa shape index (κ1) is 16.1. The summed E-state index contributed by atoms with van der Waals surface area (Å²) in [7, 11) is 0. The third-order valence-electron chi connectivity index (χ3n) is 3.49. The maximum Gasteiger partial charge on any atom is 0.310 e. The van der Waals surface area contributed by atoms with Crippen LogP contribution >= 0.6 is 0 Å². The molecule has 0 spiro atoms. The topological polar surface area (TPSA) is 66.4 Å². The highest BCUT2D eigenvalue weighted by Crippen LogP contribution is 2.31. The Morgan fingerprint density at radius 3 is 2.35 bits per heavy atom. The van der Waals surface area contributed by atoms with Crippen molar-refractivity contribution in [2.75, 3.05) is 5.32 Å². The zero-order valence-electron chi connectivity index (χ0n) is 11.5. The fraction of sp³-hybridized carbons (Fsp3) is 0.429. The van der Waals surface area contributed by atoms with Gasteiger partial charge in [0.25, 0.3) is 0 Å². The summed E-state index contributed by atoms with van der Waals surface area (Å²) in [6.07, 6.45) is -0.251. The minimum absolute atomic E-state index is 0.0883. The fourth-order valence-electron chi connectivity index (χ4n) is 1.64. The van der Waals surface area contributed by atoms with Crippen LogP contribution in [0.2, 0.25) is 0 Å². The Labute approximate surface area is 115 Å². The van der Waals surface area contributed by atoms with E-state index in [4.69, 9.17) is 0 Å². The van der Waals surface area contributed by atoms with Gasteiger partial charge in [-0.1, -0.05) is 13.8 Å². The van der Waals surface area contributed by atoms with Crippen LogP contribution in [-0.4, -0.2) is 17.0 Å². The largest absolute Gasteiger partial charge is 0.481 e. The molecule has 2 N–H and O–H groups in total.